The van der Waals surface area contributed by atoms with E-state index in [1.807, 2.05) is 48.5 Å². The van der Waals surface area contributed by atoms with Gasteiger partial charge >= 0.3 is 0 Å². The minimum Gasteiger partial charge on any atom is -0.497 e. The van der Waals surface area contributed by atoms with Gasteiger partial charge in [0.25, 0.3) is 5.91 Å². The van der Waals surface area contributed by atoms with Crippen LogP contribution in [0.3, 0.4) is 0 Å². The number of fused-ring (bicyclic) bond motifs is 1. The van der Waals surface area contributed by atoms with Crippen molar-refractivity contribution in [3.8, 4) is 11.5 Å². The molecule has 0 saturated carbocycles. The van der Waals surface area contributed by atoms with Gasteiger partial charge in [0.05, 0.1) is 12.8 Å². The largest absolute Gasteiger partial charge is 0.497 e. The number of anilines is 1. The third-order valence-corrected chi connectivity index (χ3v) is 5.89. The number of para-hydroxylation sites is 2. The molecule has 3 rings (SSSR count). The van der Waals surface area contributed by atoms with E-state index in [4.69, 9.17) is 14.2 Å². The molecule has 2 aromatic carbocycles. The maximum Gasteiger partial charge on any atom is 0.254 e. The number of amides is 1. The van der Waals surface area contributed by atoms with Gasteiger partial charge in [0.15, 0.2) is 0 Å². The summed E-state index contributed by atoms with van der Waals surface area (Å²) in [6.07, 6.45) is 3.99. The van der Waals surface area contributed by atoms with Gasteiger partial charge in [0.1, 0.15) is 23.7 Å². The molecule has 0 saturated heterocycles. The number of carbonyl (C=O) groups is 1. The van der Waals surface area contributed by atoms with Crippen molar-refractivity contribution in [2.45, 2.75) is 72.5 Å². The van der Waals surface area contributed by atoms with Crippen molar-refractivity contribution >= 4 is 11.6 Å². The number of nitrogens with one attached hydrogen (secondary N) is 1. The van der Waals surface area contributed by atoms with E-state index in [0.717, 1.165) is 43.4 Å². The number of benzene rings is 2. The molecule has 1 heterocycles. The quantitative estimate of drug-likeness (QED) is 0.555. The summed E-state index contributed by atoms with van der Waals surface area (Å²) in [6, 6.07) is 15.6. The molecule has 5 heteroatoms. The van der Waals surface area contributed by atoms with E-state index in [1.165, 1.54) is 0 Å². The van der Waals surface area contributed by atoms with E-state index in [-0.39, 0.29) is 24.9 Å². The Morgan fingerprint density at radius 3 is 2.50 bits per heavy atom. The molecule has 176 valence electrons. The zero-order valence-electron chi connectivity index (χ0n) is 19.1. The Balaban J connectivity index is 0.00000363. The zero-order valence-corrected chi connectivity index (χ0v) is 19.1. The average Bonchev–Trinajstić information content (AvgIpc) is 2.75. The van der Waals surface area contributed by atoms with Gasteiger partial charge in [-0.1, -0.05) is 58.9 Å². The maximum atomic E-state index is 13.2. The summed E-state index contributed by atoms with van der Waals surface area (Å²) in [5.74, 6) is 1.37. The average molecular weight is 442 g/mol. The van der Waals surface area contributed by atoms with E-state index < -0.39 is 6.10 Å². The van der Waals surface area contributed by atoms with E-state index in [9.17, 15) is 4.79 Å². The van der Waals surface area contributed by atoms with Crippen molar-refractivity contribution in [2.75, 3.05) is 19.0 Å². The topological polar surface area (TPSA) is 56.8 Å². The van der Waals surface area contributed by atoms with Crippen LogP contribution in [0.15, 0.2) is 48.5 Å². The van der Waals surface area contributed by atoms with Crippen LogP contribution in [-0.4, -0.2) is 25.7 Å². The lowest BCUT2D eigenvalue weighted by Gasteiger charge is -2.33. The molecule has 0 bridgehead atoms. The van der Waals surface area contributed by atoms with Crippen molar-refractivity contribution in [1.82, 2.24) is 0 Å². The van der Waals surface area contributed by atoms with Crippen LogP contribution >= 0.6 is 0 Å². The highest BCUT2D eigenvalue weighted by atomic mass is 16.5. The van der Waals surface area contributed by atoms with E-state index >= 15 is 0 Å². The Labute approximate surface area is 193 Å². The van der Waals surface area contributed by atoms with Crippen molar-refractivity contribution in [2.24, 2.45) is 5.41 Å². The molecule has 0 aliphatic carbocycles. The molecular weight excluding hydrogens is 402 g/mol. The Bertz CT molecular complexity index is 847. The summed E-state index contributed by atoms with van der Waals surface area (Å²) >= 11 is 0. The molecule has 0 fully saturated rings. The smallest absolute Gasteiger partial charge is 0.254 e. The van der Waals surface area contributed by atoms with Gasteiger partial charge in [-0.25, -0.2) is 0 Å². The van der Waals surface area contributed by atoms with Crippen molar-refractivity contribution in [3.63, 3.8) is 0 Å². The Morgan fingerprint density at radius 2 is 1.81 bits per heavy atom. The molecule has 0 spiro atoms. The molecule has 1 amide bonds. The molecule has 0 aromatic heterocycles. The maximum absolute atomic E-state index is 13.2. The first-order chi connectivity index (χ1) is 14.9. The minimum atomic E-state index is -0.502. The number of hydrogen-bond acceptors (Lipinski definition) is 4. The Hall–Kier alpha value is -2.53. The lowest BCUT2D eigenvalue weighted by molar-refractivity contribution is -0.136. The third kappa shape index (κ3) is 6.49. The monoisotopic (exact) mass is 441 g/mol. The number of hydrogen-bond donors (Lipinski definition) is 1. The highest BCUT2D eigenvalue weighted by Crippen LogP contribution is 2.35. The molecule has 2 atom stereocenters. The van der Waals surface area contributed by atoms with E-state index in [2.05, 4.69) is 26.1 Å². The highest BCUT2D eigenvalue weighted by molar-refractivity contribution is 5.96. The van der Waals surface area contributed by atoms with Crippen LogP contribution in [0, 0.1) is 5.41 Å². The molecule has 1 aliphatic rings. The fourth-order valence-corrected chi connectivity index (χ4v) is 4.20. The summed E-state index contributed by atoms with van der Waals surface area (Å²) in [5, 5.41) is 3.07. The van der Waals surface area contributed by atoms with Crippen LogP contribution in [-0.2, 0) is 9.53 Å². The second-order valence-electron chi connectivity index (χ2n) is 8.85. The number of ether oxygens (including phenoxy) is 3. The normalized spacial score (nSPS) is 19.8. The molecule has 5 nitrogen and oxygen atoms in total. The van der Waals surface area contributed by atoms with E-state index in [0.29, 0.717) is 18.0 Å². The van der Waals surface area contributed by atoms with Crippen LogP contribution in [0.4, 0.5) is 5.69 Å². The van der Waals surface area contributed by atoms with Gasteiger partial charge in [-0.15, -0.1) is 0 Å². The molecule has 2 unspecified atom stereocenters. The summed E-state index contributed by atoms with van der Waals surface area (Å²) in [4.78, 5) is 13.2. The van der Waals surface area contributed by atoms with Gasteiger partial charge < -0.3 is 19.5 Å². The predicted molar refractivity (Wildman–Crippen MR) is 130 cm³/mol. The second kappa shape index (κ2) is 11.9. The van der Waals surface area contributed by atoms with Crippen LogP contribution in [0.1, 0.15) is 72.0 Å². The number of rotatable bonds is 5. The number of carbonyl (C=O) groups excluding carboxylic acids is 1. The first kappa shape index (κ1) is 25.7. The fraction of sp³-hybridized carbons (Fsp3) is 0.519. The predicted octanol–water partition coefficient (Wildman–Crippen LogP) is 6.79. The van der Waals surface area contributed by atoms with Crippen molar-refractivity contribution in [3.05, 3.63) is 54.1 Å². The molecule has 1 aliphatic heterocycles. The summed E-state index contributed by atoms with van der Waals surface area (Å²) < 4.78 is 17.9. The minimum absolute atomic E-state index is 0. The Kier molecular flexibility index (Phi) is 9.58. The van der Waals surface area contributed by atoms with Crippen LogP contribution in [0.25, 0.3) is 0 Å². The fourth-order valence-electron chi connectivity index (χ4n) is 4.20. The third-order valence-electron chi connectivity index (χ3n) is 5.89. The van der Waals surface area contributed by atoms with Crippen LogP contribution in [0.2, 0.25) is 0 Å². The van der Waals surface area contributed by atoms with Crippen LogP contribution in [0.5, 0.6) is 11.5 Å². The summed E-state index contributed by atoms with van der Waals surface area (Å²) in [6.45, 7) is 6.91. The Morgan fingerprint density at radius 1 is 1.09 bits per heavy atom. The highest BCUT2D eigenvalue weighted by Gasteiger charge is 2.36. The summed E-state index contributed by atoms with van der Waals surface area (Å²) in [7, 11) is 1.66. The molecule has 2 aromatic rings. The molecular formula is C27H39NO4. The van der Waals surface area contributed by atoms with E-state index in [1.54, 1.807) is 7.11 Å². The zero-order chi connectivity index (χ0) is 22.3. The van der Waals surface area contributed by atoms with Crippen LogP contribution < -0.4 is 14.8 Å². The number of methoxy groups -OCH3 is 1. The van der Waals surface area contributed by atoms with Gasteiger partial charge in [0, 0.05) is 12.0 Å². The lowest BCUT2D eigenvalue weighted by Crippen LogP contribution is -2.42. The van der Waals surface area contributed by atoms with Gasteiger partial charge in [-0.05, 0) is 55.5 Å². The standard InChI is InChI=1S/C26H35NO4.CH4/c1-5-17-26(2,3)24-25(28)27-21-10-6-7-12-23(21)31-22(11-8-9-18-30-24)19-13-15-20(29-4)16-14-19;/h6-7,10,12-16,22,24H,5,8-9,11,17-18H2,1-4H3,(H,27,28);1H4. The molecule has 0 radical (unpaired) electrons. The first-order valence-corrected chi connectivity index (χ1v) is 11.3. The molecule has 32 heavy (non-hydrogen) atoms. The SMILES string of the molecule is C.CCCC(C)(C)C1OCCCCC(c2ccc(OC)cc2)Oc2ccccc2NC1=O. The lowest BCUT2D eigenvalue weighted by atomic mass is 9.81. The van der Waals surface area contributed by atoms with Gasteiger partial charge in [-0.3, -0.25) is 4.79 Å². The van der Waals surface area contributed by atoms with Gasteiger partial charge in [0.2, 0.25) is 0 Å². The first-order valence-electron chi connectivity index (χ1n) is 11.3. The van der Waals surface area contributed by atoms with Crippen molar-refractivity contribution in [1.29, 1.82) is 0 Å². The summed E-state index contributed by atoms with van der Waals surface area (Å²) in [5.41, 5.74) is 1.51. The second-order valence-corrected chi connectivity index (χ2v) is 8.85. The molecule has 1 N–H and O–H groups in total. The van der Waals surface area contributed by atoms with Gasteiger partial charge in [-0.2, -0.15) is 0 Å². The van der Waals surface area contributed by atoms with Crippen molar-refractivity contribution < 1.29 is 19.0 Å².